The van der Waals surface area contributed by atoms with Crippen LogP contribution in [0, 0.1) is 0 Å². The summed E-state index contributed by atoms with van der Waals surface area (Å²) in [6, 6.07) is 1.66. The zero-order chi connectivity index (χ0) is 20.1. The second kappa shape index (κ2) is 6.76. The first kappa shape index (κ1) is 18.5. The van der Waals surface area contributed by atoms with Crippen LogP contribution in [0.1, 0.15) is 40.9 Å². The third-order valence-corrected chi connectivity index (χ3v) is 6.18. The van der Waals surface area contributed by atoms with Crippen LogP contribution in [0.25, 0.3) is 0 Å². The maximum atomic E-state index is 13.5. The van der Waals surface area contributed by atoms with Crippen molar-refractivity contribution in [3.8, 4) is 0 Å². The number of alkyl halides is 2. The highest BCUT2D eigenvalue weighted by molar-refractivity contribution is 5.94. The highest BCUT2D eigenvalue weighted by Gasteiger charge is 2.47. The molecule has 5 rings (SSSR count). The smallest absolute Gasteiger partial charge is 0.257 e. The molecule has 1 amide bonds. The van der Waals surface area contributed by atoms with Crippen LogP contribution in [0.5, 0.6) is 0 Å². The number of fused-ring (bicyclic) bond motifs is 2. The lowest BCUT2D eigenvalue weighted by Gasteiger charge is -2.36. The van der Waals surface area contributed by atoms with Crippen LogP contribution in [-0.4, -0.2) is 59.5 Å². The Kier molecular flexibility index (Phi) is 4.31. The van der Waals surface area contributed by atoms with E-state index in [0.717, 1.165) is 17.7 Å². The van der Waals surface area contributed by atoms with E-state index in [4.69, 9.17) is 14.1 Å². The molecule has 0 saturated carbocycles. The van der Waals surface area contributed by atoms with E-state index in [2.05, 4.69) is 4.98 Å². The lowest BCUT2D eigenvalue weighted by Crippen LogP contribution is -2.43. The van der Waals surface area contributed by atoms with Crippen LogP contribution in [-0.2, 0) is 16.8 Å². The number of halogens is 2. The molecule has 2 aromatic rings. The van der Waals surface area contributed by atoms with Gasteiger partial charge in [-0.25, -0.2) is 18.7 Å². The van der Waals surface area contributed by atoms with Crippen molar-refractivity contribution in [2.24, 2.45) is 0 Å². The molecule has 2 aromatic heterocycles. The molecule has 0 aliphatic carbocycles. The highest BCUT2D eigenvalue weighted by atomic mass is 19.3. The molecule has 2 saturated heterocycles. The molecular formula is C20H22F2N4O3. The zero-order valence-corrected chi connectivity index (χ0v) is 15.9. The van der Waals surface area contributed by atoms with E-state index in [0.29, 0.717) is 37.8 Å². The van der Waals surface area contributed by atoms with Gasteiger partial charge in [-0.05, 0) is 12.5 Å². The number of rotatable bonds is 2. The summed E-state index contributed by atoms with van der Waals surface area (Å²) in [6.07, 6.45) is 5.04. The summed E-state index contributed by atoms with van der Waals surface area (Å²) in [6.45, 7) is 2.47. The fourth-order valence-corrected chi connectivity index (χ4v) is 4.50. The molecule has 3 aliphatic heterocycles. The maximum absolute atomic E-state index is 13.5. The summed E-state index contributed by atoms with van der Waals surface area (Å²) in [5, 5.41) is 0. The van der Waals surface area contributed by atoms with E-state index in [1.807, 2.05) is 4.90 Å². The van der Waals surface area contributed by atoms with E-state index in [9.17, 15) is 13.6 Å². The molecular weight excluding hydrogens is 382 g/mol. The normalized spacial score (nSPS) is 26.0. The van der Waals surface area contributed by atoms with Gasteiger partial charge in [0.15, 0.2) is 0 Å². The van der Waals surface area contributed by atoms with Crippen LogP contribution in [0.15, 0.2) is 29.2 Å². The largest absolute Gasteiger partial charge is 0.472 e. The Balaban J connectivity index is 1.41. The number of nitrogens with zero attached hydrogens (tertiary/aromatic N) is 4. The SMILES string of the molecule is O=C(c1ccoc1)N1CC[C@]2(COCc3cnc(N4CCC(F)(F)CC4)nc32)C1. The highest BCUT2D eigenvalue weighted by Crippen LogP contribution is 2.40. The number of ether oxygens (including phenoxy) is 1. The average Bonchev–Trinajstić information content (AvgIpc) is 3.39. The molecule has 0 unspecified atom stereocenters. The first-order valence-corrected chi connectivity index (χ1v) is 9.84. The topological polar surface area (TPSA) is 71.7 Å². The van der Waals surface area contributed by atoms with Gasteiger partial charge >= 0.3 is 0 Å². The molecule has 0 aromatic carbocycles. The first-order chi connectivity index (χ1) is 14.0. The minimum absolute atomic E-state index is 0.0738. The van der Waals surface area contributed by atoms with Gasteiger partial charge in [-0.2, -0.15) is 0 Å². The van der Waals surface area contributed by atoms with E-state index < -0.39 is 11.3 Å². The van der Waals surface area contributed by atoms with Crippen molar-refractivity contribution in [2.45, 2.75) is 37.2 Å². The summed E-state index contributed by atoms with van der Waals surface area (Å²) in [5.41, 5.74) is 1.91. The van der Waals surface area contributed by atoms with E-state index in [-0.39, 0.29) is 31.8 Å². The van der Waals surface area contributed by atoms with Gasteiger partial charge in [-0.1, -0.05) is 0 Å². The standard InChI is InChI=1S/C20H22F2N4O3/c21-20(22)3-6-25(7-4-20)18-23-9-15-11-29-13-19(16(15)24-18)2-5-26(12-19)17(27)14-1-8-28-10-14/h1,8-10H,2-7,11-13H2/t19-/m1/s1. The number of hydrogen-bond acceptors (Lipinski definition) is 6. The number of carbonyl (C=O) groups excluding carboxylic acids is 1. The van der Waals surface area contributed by atoms with Crippen LogP contribution < -0.4 is 4.90 Å². The van der Waals surface area contributed by atoms with Crippen molar-refractivity contribution >= 4 is 11.9 Å². The number of furan rings is 1. The van der Waals surface area contributed by atoms with Gasteiger partial charge in [0.25, 0.3) is 11.8 Å². The van der Waals surface area contributed by atoms with Crippen LogP contribution in [0.4, 0.5) is 14.7 Å². The van der Waals surface area contributed by atoms with Crippen molar-refractivity contribution < 1.29 is 22.7 Å². The molecule has 5 heterocycles. The quantitative estimate of drug-likeness (QED) is 0.766. The number of anilines is 1. The van der Waals surface area contributed by atoms with Crippen molar-refractivity contribution in [2.75, 3.05) is 37.7 Å². The van der Waals surface area contributed by atoms with E-state index in [1.54, 1.807) is 17.2 Å². The molecule has 3 aliphatic rings. The number of hydrogen-bond donors (Lipinski definition) is 0. The number of aromatic nitrogens is 2. The van der Waals surface area contributed by atoms with E-state index >= 15 is 0 Å². The predicted molar refractivity (Wildman–Crippen MR) is 99.0 cm³/mol. The van der Waals surface area contributed by atoms with Gasteiger partial charge in [-0.3, -0.25) is 4.79 Å². The Hall–Kier alpha value is -2.55. The summed E-state index contributed by atoms with van der Waals surface area (Å²) in [5.74, 6) is -2.20. The summed E-state index contributed by atoms with van der Waals surface area (Å²) in [4.78, 5) is 25.6. The Labute approximate surface area is 166 Å². The lowest BCUT2D eigenvalue weighted by molar-refractivity contribution is -0.0223. The first-order valence-electron chi connectivity index (χ1n) is 9.84. The van der Waals surface area contributed by atoms with Crippen LogP contribution >= 0.6 is 0 Å². The van der Waals surface area contributed by atoms with Crippen LogP contribution in [0.3, 0.4) is 0 Å². The van der Waals surface area contributed by atoms with Crippen molar-refractivity contribution in [1.29, 1.82) is 0 Å². The van der Waals surface area contributed by atoms with Gasteiger partial charge in [0.1, 0.15) is 6.26 Å². The number of carbonyl (C=O) groups is 1. The van der Waals surface area contributed by atoms with Crippen molar-refractivity contribution in [1.82, 2.24) is 14.9 Å². The summed E-state index contributed by atoms with van der Waals surface area (Å²) < 4.78 is 37.9. The van der Waals surface area contributed by atoms with Crippen LogP contribution in [0.2, 0.25) is 0 Å². The minimum atomic E-state index is -2.61. The monoisotopic (exact) mass is 404 g/mol. The minimum Gasteiger partial charge on any atom is -0.472 e. The van der Waals surface area contributed by atoms with Gasteiger partial charge < -0.3 is 19.0 Å². The molecule has 0 N–H and O–H groups in total. The number of amides is 1. The molecule has 7 nitrogen and oxygen atoms in total. The Bertz CT molecular complexity index is 910. The predicted octanol–water partition coefficient (Wildman–Crippen LogP) is 2.62. The third kappa shape index (κ3) is 3.27. The number of likely N-dealkylation sites (tertiary alicyclic amines) is 1. The second-order valence-corrected chi connectivity index (χ2v) is 8.15. The third-order valence-electron chi connectivity index (χ3n) is 6.18. The Morgan fingerprint density at radius 2 is 2.00 bits per heavy atom. The van der Waals surface area contributed by atoms with Gasteiger partial charge in [0.05, 0.1) is 36.1 Å². The molecule has 2 fully saturated rings. The molecule has 1 atom stereocenters. The molecule has 9 heteroatoms. The fraction of sp³-hybridized carbons (Fsp3) is 0.550. The second-order valence-electron chi connectivity index (χ2n) is 8.15. The molecule has 29 heavy (non-hydrogen) atoms. The van der Waals surface area contributed by atoms with Crippen molar-refractivity contribution in [3.63, 3.8) is 0 Å². The summed E-state index contributed by atoms with van der Waals surface area (Å²) in [7, 11) is 0. The lowest BCUT2D eigenvalue weighted by atomic mass is 9.80. The zero-order valence-electron chi connectivity index (χ0n) is 15.9. The van der Waals surface area contributed by atoms with E-state index in [1.165, 1.54) is 12.5 Å². The van der Waals surface area contributed by atoms with Gasteiger partial charge in [0, 0.05) is 50.8 Å². The Morgan fingerprint density at radius 1 is 1.17 bits per heavy atom. The van der Waals surface area contributed by atoms with Crippen molar-refractivity contribution in [3.05, 3.63) is 41.6 Å². The van der Waals surface area contributed by atoms with Gasteiger partial charge in [0.2, 0.25) is 5.95 Å². The number of piperidine rings is 1. The van der Waals surface area contributed by atoms with Gasteiger partial charge in [-0.15, -0.1) is 0 Å². The molecule has 154 valence electrons. The summed E-state index contributed by atoms with van der Waals surface area (Å²) >= 11 is 0. The fourth-order valence-electron chi connectivity index (χ4n) is 4.50. The average molecular weight is 404 g/mol. The molecule has 1 spiro atoms. The maximum Gasteiger partial charge on any atom is 0.257 e. The Morgan fingerprint density at radius 3 is 2.76 bits per heavy atom. The molecule has 0 bridgehead atoms. The molecule has 0 radical (unpaired) electrons.